The Morgan fingerprint density at radius 1 is 1.09 bits per heavy atom. The molecule has 5 nitrogen and oxygen atoms in total. The summed E-state index contributed by atoms with van der Waals surface area (Å²) in [5.41, 5.74) is 1.75. The van der Waals surface area contributed by atoms with Gasteiger partial charge in [0.25, 0.3) is 5.56 Å². The van der Waals surface area contributed by atoms with Gasteiger partial charge in [0.1, 0.15) is 5.75 Å². The molecular formula is C17H13NO4. The number of benzene rings is 2. The van der Waals surface area contributed by atoms with Gasteiger partial charge in [-0.3, -0.25) is 4.79 Å². The van der Waals surface area contributed by atoms with Gasteiger partial charge in [0.05, 0.1) is 7.11 Å². The predicted molar refractivity (Wildman–Crippen MR) is 82.7 cm³/mol. The van der Waals surface area contributed by atoms with Crippen LogP contribution in [-0.2, 0) is 0 Å². The van der Waals surface area contributed by atoms with E-state index in [0.29, 0.717) is 22.6 Å². The molecular weight excluding hydrogens is 282 g/mol. The molecule has 0 fully saturated rings. The molecule has 2 aromatic carbocycles. The van der Waals surface area contributed by atoms with E-state index < -0.39 is 0 Å². The zero-order valence-corrected chi connectivity index (χ0v) is 11.9. The number of aromatic nitrogens is 1. The monoisotopic (exact) mass is 295 g/mol. The zero-order chi connectivity index (χ0) is 15.1. The largest absolute Gasteiger partial charge is 0.496 e. The van der Waals surface area contributed by atoms with E-state index in [9.17, 15) is 4.79 Å². The Morgan fingerprint density at radius 2 is 1.91 bits per heavy atom. The number of H-pyrrole nitrogens is 1. The molecule has 1 aromatic heterocycles. The highest BCUT2D eigenvalue weighted by Crippen LogP contribution is 2.42. The molecule has 1 aliphatic heterocycles. The Morgan fingerprint density at radius 3 is 2.73 bits per heavy atom. The minimum Gasteiger partial charge on any atom is -0.496 e. The fourth-order valence-electron chi connectivity index (χ4n) is 2.68. The third kappa shape index (κ3) is 1.90. The Bertz CT molecular complexity index is 930. The minimum absolute atomic E-state index is 0.0956. The lowest BCUT2D eigenvalue weighted by Gasteiger charge is -2.10. The van der Waals surface area contributed by atoms with Crippen molar-refractivity contribution in [3.05, 3.63) is 52.9 Å². The maximum atomic E-state index is 11.8. The highest BCUT2D eigenvalue weighted by Gasteiger charge is 2.18. The SMILES string of the molecule is COc1cc2c(cc1-c1ccc3c(=O)[nH]ccc3c1)OCO2. The van der Waals surface area contributed by atoms with Crippen LogP contribution >= 0.6 is 0 Å². The standard InChI is InChI=1S/C17H13NO4/c1-20-14-8-16-15(21-9-22-16)7-13(14)10-2-3-12-11(6-10)4-5-18-17(12)19/h2-8H,9H2,1H3,(H,18,19). The van der Waals surface area contributed by atoms with Gasteiger partial charge in [-0.15, -0.1) is 0 Å². The molecule has 3 aromatic rings. The van der Waals surface area contributed by atoms with Crippen molar-refractivity contribution in [1.29, 1.82) is 0 Å². The van der Waals surface area contributed by atoms with E-state index in [1.165, 1.54) is 0 Å². The summed E-state index contributed by atoms with van der Waals surface area (Å²) in [5.74, 6) is 2.08. The Hall–Kier alpha value is -2.95. The van der Waals surface area contributed by atoms with E-state index in [2.05, 4.69) is 4.98 Å². The van der Waals surface area contributed by atoms with Crippen molar-refractivity contribution in [3.63, 3.8) is 0 Å². The van der Waals surface area contributed by atoms with Crippen LogP contribution in [0.25, 0.3) is 21.9 Å². The predicted octanol–water partition coefficient (Wildman–Crippen LogP) is 2.93. The van der Waals surface area contributed by atoms with Crippen molar-refractivity contribution < 1.29 is 14.2 Å². The van der Waals surface area contributed by atoms with E-state index in [1.54, 1.807) is 13.3 Å². The molecule has 0 saturated carbocycles. The lowest BCUT2D eigenvalue weighted by molar-refractivity contribution is 0.174. The molecule has 0 bridgehead atoms. The van der Waals surface area contributed by atoms with Crippen LogP contribution < -0.4 is 19.8 Å². The van der Waals surface area contributed by atoms with E-state index >= 15 is 0 Å². The lowest BCUT2D eigenvalue weighted by Crippen LogP contribution is -2.04. The summed E-state index contributed by atoms with van der Waals surface area (Å²) in [6.07, 6.45) is 1.64. The highest BCUT2D eigenvalue weighted by atomic mass is 16.7. The third-order valence-electron chi connectivity index (χ3n) is 3.78. The van der Waals surface area contributed by atoms with Crippen LogP contribution in [0.3, 0.4) is 0 Å². The van der Waals surface area contributed by atoms with E-state index in [0.717, 1.165) is 16.5 Å². The fraction of sp³-hybridized carbons (Fsp3) is 0.118. The average molecular weight is 295 g/mol. The van der Waals surface area contributed by atoms with Gasteiger partial charge in [0, 0.05) is 23.2 Å². The number of ether oxygens (including phenoxy) is 3. The van der Waals surface area contributed by atoms with Crippen LogP contribution in [0.2, 0.25) is 0 Å². The second-order valence-electron chi connectivity index (χ2n) is 5.01. The summed E-state index contributed by atoms with van der Waals surface area (Å²) in [4.78, 5) is 14.5. The molecule has 5 heteroatoms. The number of fused-ring (bicyclic) bond motifs is 2. The van der Waals surface area contributed by atoms with Gasteiger partial charge < -0.3 is 19.2 Å². The first-order chi connectivity index (χ1) is 10.8. The van der Waals surface area contributed by atoms with Crippen LogP contribution in [0, 0.1) is 0 Å². The maximum absolute atomic E-state index is 11.8. The number of hydrogen-bond acceptors (Lipinski definition) is 4. The van der Waals surface area contributed by atoms with E-state index in [1.807, 2.05) is 36.4 Å². The average Bonchev–Trinajstić information content (AvgIpc) is 3.00. The van der Waals surface area contributed by atoms with Crippen molar-refractivity contribution in [2.45, 2.75) is 0 Å². The summed E-state index contributed by atoms with van der Waals surface area (Å²) in [5, 5.41) is 1.53. The second-order valence-corrected chi connectivity index (χ2v) is 5.01. The lowest BCUT2D eigenvalue weighted by atomic mass is 10.0. The molecule has 0 amide bonds. The highest BCUT2D eigenvalue weighted by molar-refractivity contribution is 5.88. The van der Waals surface area contributed by atoms with Crippen molar-refractivity contribution >= 4 is 10.8 Å². The Labute approximate surface area is 126 Å². The number of pyridine rings is 1. The Kier molecular flexibility index (Phi) is 2.79. The molecule has 0 atom stereocenters. The number of rotatable bonds is 2. The second kappa shape index (κ2) is 4.80. The molecule has 22 heavy (non-hydrogen) atoms. The molecule has 2 heterocycles. The van der Waals surface area contributed by atoms with Gasteiger partial charge >= 0.3 is 0 Å². The van der Waals surface area contributed by atoms with Crippen molar-refractivity contribution in [2.75, 3.05) is 13.9 Å². The maximum Gasteiger partial charge on any atom is 0.255 e. The van der Waals surface area contributed by atoms with Crippen molar-refractivity contribution in [2.24, 2.45) is 0 Å². The van der Waals surface area contributed by atoms with E-state index in [4.69, 9.17) is 14.2 Å². The molecule has 1 N–H and O–H groups in total. The smallest absolute Gasteiger partial charge is 0.255 e. The quantitative estimate of drug-likeness (QED) is 0.789. The zero-order valence-electron chi connectivity index (χ0n) is 11.9. The molecule has 4 rings (SSSR count). The van der Waals surface area contributed by atoms with Gasteiger partial charge in [-0.05, 0) is 35.2 Å². The van der Waals surface area contributed by atoms with Gasteiger partial charge in [-0.25, -0.2) is 0 Å². The summed E-state index contributed by atoms with van der Waals surface area (Å²) >= 11 is 0. The molecule has 0 unspecified atom stereocenters. The molecule has 0 aliphatic carbocycles. The van der Waals surface area contributed by atoms with E-state index in [-0.39, 0.29) is 12.4 Å². The van der Waals surface area contributed by atoms with Crippen LogP contribution in [0.5, 0.6) is 17.2 Å². The number of nitrogens with one attached hydrogen (secondary N) is 1. The van der Waals surface area contributed by atoms with Crippen LogP contribution in [0.15, 0.2) is 47.4 Å². The van der Waals surface area contributed by atoms with Crippen LogP contribution in [0.1, 0.15) is 0 Å². The fourth-order valence-corrected chi connectivity index (χ4v) is 2.68. The van der Waals surface area contributed by atoms with Crippen molar-refractivity contribution in [3.8, 4) is 28.4 Å². The normalized spacial score (nSPS) is 12.6. The summed E-state index contributed by atoms with van der Waals surface area (Å²) in [7, 11) is 1.62. The molecule has 0 spiro atoms. The van der Waals surface area contributed by atoms with Crippen LogP contribution in [0.4, 0.5) is 0 Å². The minimum atomic E-state index is -0.0956. The molecule has 0 saturated heterocycles. The summed E-state index contributed by atoms with van der Waals surface area (Å²) in [6, 6.07) is 11.3. The number of aromatic amines is 1. The Balaban J connectivity index is 1.93. The van der Waals surface area contributed by atoms with Crippen LogP contribution in [-0.4, -0.2) is 18.9 Å². The summed E-state index contributed by atoms with van der Waals surface area (Å²) in [6.45, 7) is 0.217. The van der Waals surface area contributed by atoms with Gasteiger partial charge in [-0.2, -0.15) is 0 Å². The van der Waals surface area contributed by atoms with Gasteiger partial charge in [0.2, 0.25) is 6.79 Å². The topological polar surface area (TPSA) is 60.6 Å². The molecule has 110 valence electrons. The third-order valence-corrected chi connectivity index (χ3v) is 3.78. The van der Waals surface area contributed by atoms with Gasteiger partial charge in [-0.1, -0.05) is 6.07 Å². The first kappa shape index (κ1) is 12.8. The first-order valence-electron chi connectivity index (χ1n) is 6.86. The van der Waals surface area contributed by atoms with Crippen molar-refractivity contribution in [1.82, 2.24) is 4.98 Å². The molecule has 0 radical (unpaired) electrons. The summed E-state index contributed by atoms with van der Waals surface area (Å²) < 4.78 is 16.3. The van der Waals surface area contributed by atoms with Gasteiger partial charge in [0.15, 0.2) is 11.5 Å². The number of methoxy groups -OCH3 is 1. The number of hydrogen-bond donors (Lipinski definition) is 1. The first-order valence-corrected chi connectivity index (χ1v) is 6.86. The molecule has 1 aliphatic rings.